The first kappa shape index (κ1) is 14.9. The number of hydrogen-bond donors (Lipinski definition) is 0. The van der Waals surface area contributed by atoms with E-state index in [2.05, 4.69) is 4.98 Å². The summed E-state index contributed by atoms with van der Waals surface area (Å²) in [6, 6.07) is 0. The van der Waals surface area contributed by atoms with Crippen LogP contribution in [0.3, 0.4) is 0 Å². The van der Waals surface area contributed by atoms with Crippen LogP contribution in [0.5, 0.6) is 0 Å². The quantitative estimate of drug-likeness (QED) is 0.769. The van der Waals surface area contributed by atoms with Gasteiger partial charge >= 0.3 is 5.97 Å². The van der Waals surface area contributed by atoms with Crippen LogP contribution in [0.2, 0.25) is 0 Å². The topological polar surface area (TPSA) is 68.7 Å². The van der Waals surface area contributed by atoms with E-state index in [0.29, 0.717) is 32.0 Å². The highest BCUT2D eigenvalue weighted by Gasteiger charge is 2.25. The number of esters is 1. The van der Waals surface area contributed by atoms with Gasteiger partial charge in [0.2, 0.25) is 0 Å². The second kappa shape index (κ2) is 6.81. The van der Waals surface area contributed by atoms with Gasteiger partial charge < -0.3 is 14.4 Å². The Morgan fingerprint density at radius 2 is 2.20 bits per heavy atom. The molecule has 1 aromatic heterocycles. The van der Waals surface area contributed by atoms with Crippen molar-refractivity contribution >= 4 is 23.2 Å². The van der Waals surface area contributed by atoms with Gasteiger partial charge in [0.1, 0.15) is 0 Å². The van der Waals surface area contributed by atoms with E-state index in [9.17, 15) is 9.59 Å². The number of aryl methyl sites for hydroxylation is 1. The smallest absolute Gasteiger partial charge is 0.312 e. The number of amides is 1. The van der Waals surface area contributed by atoms with Crippen LogP contribution in [0, 0.1) is 6.92 Å². The average molecular weight is 298 g/mol. The van der Waals surface area contributed by atoms with Gasteiger partial charge in [-0.3, -0.25) is 9.59 Å². The first-order chi connectivity index (χ1) is 9.56. The summed E-state index contributed by atoms with van der Waals surface area (Å²) in [4.78, 5) is 29.7. The van der Waals surface area contributed by atoms with E-state index >= 15 is 0 Å². The summed E-state index contributed by atoms with van der Waals surface area (Å²) in [6.45, 7) is 5.64. The molecule has 2 heterocycles. The zero-order chi connectivity index (χ0) is 14.5. The molecule has 0 radical (unpaired) electrons. The predicted molar refractivity (Wildman–Crippen MR) is 73.5 cm³/mol. The number of ether oxygens (including phenoxy) is 2. The minimum absolute atomic E-state index is 0.102. The number of hydrogen-bond acceptors (Lipinski definition) is 6. The molecule has 0 bridgehead atoms. The highest BCUT2D eigenvalue weighted by molar-refractivity contribution is 7.09. The Labute approximate surface area is 121 Å². The summed E-state index contributed by atoms with van der Waals surface area (Å²) in [5.74, 6) is -0.597. The van der Waals surface area contributed by atoms with Gasteiger partial charge in [-0.2, -0.15) is 0 Å². The third kappa shape index (κ3) is 4.01. The van der Waals surface area contributed by atoms with Gasteiger partial charge in [-0.15, -0.1) is 11.3 Å². The standard InChI is InChI=1S/C13H18N2O4S/c1-9(13(17)15-3-5-18-6-4-15)19-12(16)7-11-8-20-10(2)14-11/h8-9H,3-7H2,1-2H3. The van der Waals surface area contributed by atoms with Crippen molar-refractivity contribution in [1.82, 2.24) is 9.88 Å². The molecule has 1 unspecified atom stereocenters. The van der Waals surface area contributed by atoms with Crippen molar-refractivity contribution in [2.75, 3.05) is 26.3 Å². The normalized spacial score (nSPS) is 16.8. The molecule has 1 aliphatic heterocycles. The van der Waals surface area contributed by atoms with E-state index < -0.39 is 12.1 Å². The number of thiazole rings is 1. The Hall–Kier alpha value is -1.47. The molecule has 7 heteroatoms. The average Bonchev–Trinajstić information content (AvgIpc) is 2.84. The van der Waals surface area contributed by atoms with Crippen molar-refractivity contribution in [3.8, 4) is 0 Å². The van der Waals surface area contributed by atoms with Gasteiger partial charge in [0.15, 0.2) is 6.10 Å². The number of carbonyl (C=O) groups excluding carboxylic acids is 2. The first-order valence-electron chi connectivity index (χ1n) is 6.53. The van der Waals surface area contributed by atoms with Crippen molar-refractivity contribution in [2.45, 2.75) is 26.4 Å². The maximum absolute atomic E-state index is 12.1. The molecule has 1 saturated heterocycles. The molecule has 2 rings (SSSR count). The zero-order valence-electron chi connectivity index (χ0n) is 11.6. The second-order valence-corrected chi connectivity index (χ2v) is 5.67. The summed E-state index contributed by atoms with van der Waals surface area (Å²) in [5, 5.41) is 2.73. The maximum atomic E-state index is 12.1. The maximum Gasteiger partial charge on any atom is 0.312 e. The summed E-state index contributed by atoms with van der Waals surface area (Å²) >= 11 is 1.49. The van der Waals surface area contributed by atoms with E-state index in [1.54, 1.807) is 11.8 Å². The molecule has 0 N–H and O–H groups in total. The van der Waals surface area contributed by atoms with Crippen LogP contribution >= 0.6 is 11.3 Å². The second-order valence-electron chi connectivity index (χ2n) is 4.60. The molecule has 6 nitrogen and oxygen atoms in total. The van der Waals surface area contributed by atoms with Crippen LogP contribution in [-0.4, -0.2) is 54.2 Å². The lowest BCUT2D eigenvalue weighted by Gasteiger charge is -2.28. The van der Waals surface area contributed by atoms with Crippen molar-refractivity contribution in [3.05, 3.63) is 16.1 Å². The van der Waals surface area contributed by atoms with E-state index in [-0.39, 0.29) is 12.3 Å². The van der Waals surface area contributed by atoms with Crippen LogP contribution in [-0.2, 0) is 25.5 Å². The van der Waals surface area contributed by atoms with E-state index in [0.717, 1.165) is 5.01 Å². The Kier molecular flexibility index (Phi) is 5.08. The Balaban J connectivity index is 1.82. The lowest BCUT2D eigenvalue weighted by Crippen LogP contribution is -2.46. The number of morpholine rings is 1. The number of carbonyl (C=O) groups is 2. The SMILES string of the molecule is Cc1nc(CC(=O)OC(C)C(=O)N2CCOCC2)cs1. The number of rotatable bonds is 4. The molecule has 1 fully saturated rings. The van der Waals surface area contributed by atoms with Crippen molar-refractivity contribution in [1.29, 1.82) is 0 Å². The van der Waals surface area contributed by atoms with E-state index in [4.69, 9.17) is 9.47 Å². The molecule has 1 aliphatic rings. The van der Waals surface area contributed by atoms with Gasteiger partial charge in [-0.05, 0) is 13.8 Å². The molecule has 20 heavy (non-hydrogen) atoms. The Bertz CT molecular complexity index is 482. The van der Waals surface area contributed by atoms with Crippen molar-refractivity contribution in [3.63, 3.8) is 0 Å². The fourth-order valence-corrected chi connectivity index (χ4v) is 2.58. The largest absolute Gasteiger partial charge is 0.452 e. The molecule has 0 spiro atoms. The molecule has 0 aromatic carbocycles. The molecule has 1 aromatic rings. The summed E-state index contributed by atoms with van der Waals surface area (Å²) in [7, 11) is 0. The molecule has 0 saturated carbocycles. The highest BCUT2D eigenvalue weighted by Crippen LogP contribution is 2.10. The predicted octanol–water partition coefficient (Wildman–Crippen LogP) is 0.785. The molecule has 110 valence electrons. The Morgan fingerprint density at radius 1 is 1.50 bits per heavy atom. The minimum Gasteiger partial charge on any atom is -0.452 e. The van der Waals surface area contributed by atoms with Gasteiger partial charge in [0.05, 0.1) is 30.3 Å². The molecule has 1 atom stereocenters. The van der Waals surface area contributed by atoms with Crippen LogP contribution in [0.15, 0.2) is 5.38 Å². The van der Waals surface area contributed by atoms with Crippen LogP contribution in [0.25, 0.3) is 0 Å². The van der Waals surface area contributed by atoms with Crippen LogP contribution in [0.4, 0.5) is 0 Å². The Morgan fingerprint density at radius 3 is 2.80 bits per heavy atom. The molecule has 1 amide bonds. The fourth-order valence-electron chi connectivity index (χ4n) is 1.97. The van der Waals surface area contributed by atoms with Crippen LogP contribution < -0.4 is 0 Å². The number of aromatic nitrogens is 1. The van der Waals surface area contributed by atoms with Gasteiger partial charge in [-0.25, -0.2) is 4.98 Å². The fraction of sp³-hybridized carbons (Fsp3) is 0.615. The monoisotopic (exact) mass is 298 g/mol. The van der Waals surface area contributed by atoms with Crippen molar-refractivity contribution < 1.29 is 19.1 Å². The first-order valence-corrected chi connectivity index (χ1v) is 7.41. The van der Waals surface area contributed by atoms with Crippen LogP contribution in [0.1, 0.15) is 17.6 Å². The summed E-state index contributed by atoms with van der Waals surface area (Å²) in [5.41, 5.74) is 0.684. The molecule has 0 aliphatic carbocycles. The summed E-state index contributed by atoms with van der Waals surface area (Å²) < 4.78 is 10.4. The lowest BCUT2D eigenvalue weighted by atomic mass is 10.3. The third-order valence-electron chi connectivity index (χ3n) is 2.97. The summed E-state index contributed by atoms with van der Waals surface area (Å²) in [6.07, 6.45) is -0.661. The molecular formula is C13H18N2O4S. The molecular weight excluding hydrogens is 280 g/mol. The van der Waals surface area contributed by atoms with Gasteiger partial charge in [0.25, 0.3) is 5.91 Å². The van der Waals surface area contributed by atoms with Gasteiger partial charge in [-0.1, -0.05) is 0 Å². The minimum atomic E-state index is -0.764. The van der Waals surface area contributed by atoms with E-state index in [1.165, 1.54) is 11.3 Å². The van der Waals surface area contributed by atoms with Gasteiger partial charge in [0, 0.05) is 18.5 Å². The number of nitrogens with zero attached hydrogens (tertiary/aromatic N) is 2. The van der Waals surface area contributed by atoms with Crippen molar-refractivity contribution in [2.24, 2.45) is 0 Å². The van der Waals surface area contributed by atoms with E-state index in [1.807, 2.05) is 12.3 Å². The lowest BCUT2D eigenvalue weighted by molar-refractivity contribution is -0.160. The highest BCUT2D eigenvalue weighted by atomic mass is 32.1. The zero-order valence-corrected chi connectivity index (χ0v) is 12.4. The third-order valence-corrected chi connectivity index (χ3v) is 3.79.